The van der Waals surface area contributed by atoms with Crippen molar-refractivity contribution in [2.75, 3.05) is 20.1 Å². The minimum Gasteiger partial charge on any atom is -0.316 e. The van der Waals surface area contributed by atoms with Crippen LogP contribution in [0.1, 0.15) is 36.9 Å². The molecular weight excluding hydrogens is 242 g/mol. The Hall–Kier alpha value is -0.450. The van der Waals surface area contributed by atoms with Crippen LogP contribution in [0.2, 0.25) is 0 Å². The van der Waals surface area contributed by atoms with E-state index in [2.05, 4.69) is 41.5 Å². The molecule has 4 heteroatoms. The smallest absolute Gasteiger partial charge is 0.0897 e. The number of hydrogen-bond acceptors (Lipinski definition) is 4. The highest BCUT2D eigenvalue weighted by atomic mass is 32.1. The molecule has 2 unspecified atom stereocenters. The van der Waals surface area contributed by atoms with Crippen molar-refractivity contribution in [3.8, 4) is 0 Å². The average Bonchev–Trinajstić information content (AvgIpc) is 2.68. The zero-order valence-electron chi connectivity index (χ0n) is 11.8. The van der Waals surface area contributed by atoms with E-state index in [0.717, 1.165) is 25.0 Å². The molecule has 2 rings (SSSR count). The molecule has 1 heterocycles. The van der Waals surface area contributed by atoms with E-state index >= 15 is 0 Å². The third kappa shape index (κ3) is 3.53. The molecule has 1 N–H and O–H groups in total. The number of rotatable bonds is 7. The first-order chi connectivity index (χ1) is 8.70. The van der Waals surface area contributed by atoms with E-state index < -0.39 is 0 Å². The van der Waals surface area contributed by atoms with Gasteiger partial charge in [0.15, 0.2) is 0 Å². The second kappa shape index (κ2) is 6.64. The predicted octanol–water partition coefficient (Wildman–Crippen LogP) is 2.66. The molecule has 3 nitrogen and oxygen atoms in total. The van der Waals surface area contributed by atoms with E-state index in [0.29, 0.717) is 0 Å². The van der Waals surface area contributed by atoms with Crippen LogP contribution in [0.5, 0.6) is 0 Å². The Morgan fingerprint density at radius 3 is 2.89 bits per heavy atom. The Kier molecular flexibility index (Phi) is 5.15. The molecule has 0 bridgehead atoms. The molecular formula is C14H25N3S. The minimum atomic E-state index is 0.747. The molecule has 1 aliphatic rings. The van der Waals surface area contributed by atoms with Crippen LogP contribution in [0.25, 0.3) is 0 Å². The minimum absolute atomic E-state index is 0.747. The summed E-state index contributed by atoms with van der Waals surface area (Å²) < 4.78 is 0. The van der Waals surface area contributed by atoms with Gasteiger partial charge in [0.2, 0.25) is 0 Å². The van der Waals surface area contributed by atoms with E-state index in [4.69, 9.17) is 0 Å². The van der Waals surface area contributed by atoms with Crippen molar-refractivity contribution in [2.24, 2.45) is 5.92 Å². The fourth-order valence-electron chi connectivity index (χ4n) is 2.69. The van der Waals surface area contributed by atoms with Crippen molar-refractivity contribution in [1.82, 2.24) is 15.2 Å². The van der Waals surface area contributed by atoms with E-state index in [1.54, 1.807) is 11.3 Å². The molecule has 2 atom stereocenters. The molecule has 1 fully saturated rings. The van der Waals surface area contributed by atoms with Crippen LogP contribution >= 0.6 is 11.3 Å². The SMILES string of the molecule is CCCNCC1CCC1N(C)Cc1csc(C)n1. The molecule has 0 saturated heterocycles. The third-order valence-corrected chi connectivity index (χ3v) is 4.68. The monoisotopic (exact) mass is 267 g/mol. The number of aromatic nitrogens is 1. The summed E-state index contributed by atoms with van der Waals surface area (Å²) in [5, 5.41) is 6.91. The lowest BCUT2D eigenvalue weighted by Gasteiger charge is -2.42. The Balaban J connectivity index is 1.76. The second-order valence-electron chi connectivity index (χ2n) is 5.38. The summed E-state index contributed by atoms with van der Waals surface area (Å²) in [6.07, 6.45) is 3.95. The van der Waals surface area contributed by atoms with Gasteiger partial charge in [0.1, 0.15) is 0 Å². The highest BCUT2D eigenvalue weighted by Gasteiger charge is 2.33. The number of nitrogens with zero attached hydrogens (tertiary/aromatic N) is 2. The third-order valence-electron chi connectivity index (χ3n) is 3.85. The Morgan fingerprint density at radius 1 is 1.50 bits per heavy atom. The van der Waals surface area contributed by atoms with Crippen molar-refractivity contribution >= 4 is 11.3 Å². The van der Waals surface area contributed by atoms with Gasteiger partial charge in [0.25, 0.3) is 0 Å². The first-order valence-electron chi connectivity index (χ1n) is 7.02. The van der Waals surface area contributed by atoms with Gasteiger partial charge >= 0.3 is 0 Å². The molecule has 0 spiro atoms. The van der Waals surface area contributed by atoms with Crippen molar-refractivity contribution in [2.45, 2.75) is 45.7 Å². The van der Waals surface area contributed by atoms with Gasteiger partial charge in [-0.1, -0.05) is 6.92 Å². The van der Waals surface area contributed by atoms with Gasteiger partial charge in [-0.3, -0.25) is 4.90 Å². The van der Waals surface area contributed by atoms with Gasteiger partial charge < -0.3 is 5.32 Å². The number of nitrogens with one attached hydrogen (secondary N) is 1. The predicted molar refractivity (Wildman–Crippen MR) is 78.0 cm³/mol. The van der Waals surface area contributed by atoms with Gasteiger partial charge in [-0.05, 0) is 52.2 Å². The van der Waals surface area contributed by atoms with Crippen LogP contribution in [0.15, 0.2) is 5.38 Å². The summed E-state index contributed by atoms with van der Waals surface area (Å²) in [6, 6.07) is 0.747. The molecule has 102 valence electrons. The Labute approximate surface area is 115 Å². The standard InChI is InChI=1S/C14H25N3S/c1-4-7-15-8-12-5-6-14(12)17(3)9-13-10-18-11(2)16-13/h10,12,14-15H,4-9H2,1-3H3. The van der Waals surface area contributed by atoms with Crippen molar-refractivity contribution in [3.05, 3.63) is 16.1 Å². The maximum atomic E-state index is 4.55. The molecule has 0 aliphatic heterocycles. The molecule has 1 aromatic rings. The summed E-state index contributed by atoms with van der Waals surface area (Å²) in [4.78, 5) is 7.04. The van der Waals surface area contributed by atoms with Gasteiger partial charge in [0, 0.05) is 18.0 Å². The highest BCUT2D eigenvalue weighted by molar-refractivity contribution is 7.09. The fraction of sp³-hybridized carbons (Fsp3) is 0.786. The lowest BCUT2D eigenvalue weighted by atomic mass is 9.78. The first kappa shape index (κ1) is 14.0. The lowest BCUT2D eigenvalue weighted by Crippen LogP contribution is -2.48. The normalized spacial score (nSPS) is 23.3. The molecule has 1 saturated carbocycles. The summed E-state index contributed by atoms with van der Waals surface area (Å²) in [5.74, 6) is 0.835. The van der Waals surface area contributed by atoms with Gasteiger partial charge in [-0.2, -0.15) is 0 Å². The topological polar surface area (TPSA) is 28.2 Å². The van der Waals surface area contributed by atoms with Crippen LogP contribution in [0.3, 0.4) is 0 Å². The zero-order chi connectivity index (χ0) is 13.0. The summed E-state index contributed by atoms with van der Waals surface area (Å²) >= 11 is 1.75. The van der Waals surface area contributed by atoms with Crippen LogP contribution in [0, 0.1) is 12.8 Å². The van der Waals surface area contributed by atoms with Crippen LogP contribution < -0.4 is 5.32 Å². The molecule has 1 aromatic heterocycles. The Bertz CT molecular complexity index is 364. The van der Waals surface area contributed by atoms with E-state index in [-0.39, 0.29) is 0 Å². The van der Waals surface area contributed by atoms with Gasteiger partial charge in [-0.15, -0.1) is 11.3 Å². The fourth-order valence-corrected chi connectivity index (χ4v) is 3.29. The van der Waals surface area contributed by atoms with E-state index in [9.17, 15) is 0 Å². The van der Waals surface area contributed by atoms with E-state index in [1.807, 2.05) is 0 Å². The largest absolute Gasteiger partial charge is 0.316 e. The van der Waals surface area contributed by atoms with E-state index in [1.165, 1.54) is 36.5 Å². The number of hydrogen-bond donors (Lipinski definition) is 1. The maximum absolute atomic E-state index is 4.55. The average molecular weight is 267 g/mol. The summed E-state index contributed by atoms with van der Waals surface area (Å²) in [7, 11) is 2.24. The van der Waals surface area contributed by atoms with Gasteiger partial charge in [0.05, 0.1) is 10.7 Å². The second-order valence-corrected chi connectivity index (χ2v) is 6.44. The lowest BCUT2D eigenvalue weighted by molar-refractivity contribution is 0.0773. The van der Waals surface area contributed by atoms with Crippen molar-refractivity contribution in [3.63, 3.8) is 0 Å². The molecule has 1 aliphatic carbocycles. The van der Waals surface area contributed by atoms with Crippen molar-refractivity contribution < 1.29 is 0 Å². The number of aryl methyl sites for hydroxylation is 1. The molecule has 18 heavy (non-hydrogen) atoms. The molecule has 0 aromatic carbocycles. The Morgan fingerprint density at radius 2 is 2.33 bits per heavy atom. The summed E-state index contributed by atoms with van der Waals surface area (Å²) in [5.41, 5.74) is 1.23. The van der Waals surface area contributed by atoms with Crippen LogP contribution in [-0.2, 0) is 6.54 Å². The number of thiazole rings is 1. The van der Waals surface area contributed by atoms with Crippen LogP contribution in [0.4, 0.5) is 0 Å². The molecule has 0 radical (unpaired) electrons. The molecule has 0 amide bonds. The zero-order valence-corrected chi connectivity index (χ0v) is 12.6. The van der Waals surface area contributed by atoms with Crippen LogP contribution in [-0.4, -0.2) is 36.1 Å². The first-order valence-corrected chi connectivity index (χ1v) is 7.90. The summed E-state index contributed by atoms with van der Waals surface area (Å²) in [6.45, 7) is 7.63. The highest BCUT2D eigenvalue weighted by Crippen LogP contribution is 2.31. The quantitative estimate of drug-likeness (QED) is 0.770. The van der Waals surface area contributed by atoms with Gasteiger partial charge in [-0.25, -0.2) is 4.98 Å². The van der Waals surface area contributed by atoms with Crippen molar-refractivity contribution in [1.29, 1.82) is 0 Å². The maximum Gasteiger partial charge on any atom is 0.0897 e.